The van der Waals surface area contributed by atoms with Crippen LogP contribution in [0.1, 0.15) is 29.9 Å². The molecule has 1 aromatic heterocycles. The molecule has 1 aromatic carbocycles. The zero-order valence-electron chi connectivity index (χ0n) is 11.3. The van der Waals surface area contributed by atoms with Crippen LogP contribution >= 0.6 is 0 Å². The molecule has 0 fully saturated rings. The number of benzene rings is 1. The second kappa shape index (κ2) is 6.38. The quantitative estimate of drug-likeness (QED) is 0.868. The highest BCUT2D eigenvalue weighted by atomic mass is 16.5. The van der Waals surface area contributed by atoms with Gasteiger partial charge < -0.3 is 14.4 Å². The van der Waals surface area contributed by atoms with Crippen molar-refractivity contribution in [3.8, 4) is 5.75 Å². The number of hydrogen-bond acceptors (Lipinski definition) is 4. The molecule has 2 aromatic rings. The molecule has 1 atom stereocenters. The molecule has 102 valence electrons. The summed E-state index contributed by atoms with van der Waals surface area (Å²) in [6.07, 6.45) is 1.41. The first-order valence-electron chi connectivity index (χ1n) is 6.42. The van der Waals surface area contributed by atoms with Crippen LogP contribution in [0.5, 0.6) is 5.75 Å². The van der Waals surface area contributed by atoms with Crippen molar-refractivity contribution in [2.45, 2.75) is 25.7 Å². The van der Waals surface area contributed by atoms with E-state index in [1.165, 1.54) is 5.56 Å². The number of rotatable bonds is 6. The molecule has 19 heavy (non-hydrogen) atoms. The lowest BCUT2D eigenvalue weighted by Crippen LogP contribution is -1.98. The van der Waals surface area contributed by atoms with Crippen LogP contribution in [0.15, 0.2) is 34.9 Å². The van der Waals surface area contributed by atoms with Gasteiger partial charge in [-0.1, -0.05) is 24.2 Å². The molecular weight excluding hydrogens is 242 g/mol. The summed E-state index contributed by atoms with van der Waals surface area (Å²) >= 11 is 0. The second-order valence-electron chi connectivity index (χ2n) is 4.64. The van der Waals surface area contributed by atoms with Crippen LogP contribution in [0.25, 0.3) is 0 Å². The van der Waals surface area contributed by atoms with Crippen LogP contribution in [-0.4, -0.2) is 24.0 Å². The fourth-order valence-corrected chi connectivity index (χ4v) is 2.01. The first kappa shape index (κ1) is 13.6. The normalized spacial score (nSPS) is 12.4. The third kappa shape index (κ3) is 3.58. The van der Waals surface area contributed by atoms with Gasteiger partial charge in [-0.15, -0.1) is 0 Å². The monoisotopic (exact) mass is 261 g/mol. The average Bonchev–Trinajstić information content (AvgIpc) is 2.89. The number of methoxy groups -OCH3 is 1. The maximum absolute atomic E-state index is 8.85. The topological polar surface area (TPSA) is 55.5 Å². The number of aliphatic hydroxyl groups excluding tert-OH is 1. The lowest BCUT2D eigenvalue weighted by Gasteiger charge is -2.08. The lowest BCUT2D eigenvalue weighted by molar-refractivity contribution is 0.276. The van der Waals surface area contributed by atoms with Crippen molar-refractivity contribution in [1.29, 1.82) is 0 Å². The zero-order chi connectivity index (χ0) is 13.7. The molecule has 0 bridgehead atoms. The third-order valence-electron chi connectivity index (χ3n) is 3.14. The standard InChI is InChI=1S/C15H19NO3/c1-11(15-10-14(7-8-17)19-16-15)9-12-3-5-13(18-2)6-4-12/h3-6,10-11,17H,7-9H2,1-2H3/t11-/m0/s1. The molecule has 0 amide bonds. The SMILES string of the molecule is COc1ccc(C[C@H](C)c2cc(CCO)on2)cc1. The lowest BCUT2D eigenvalue weighted by atomic mass is 9.98. The Hall–Kier alpha value is -1.81. The molecule has 0 aliphatic rings. The van der Waals surface area contributed by atoms with Gasteiger partial charge in [-0.2, -0.15) is 0 Å². The summed E-state index contributed by atoms with van der Waals surface area (Å²) in [5.74, 6) is 1.88. The molecule has 0 saturated carbocycles. The second-order valence-corrected chi connectivity index (χ2v) is 4.64. The minimum absolute atomic E-state index is 0.0848. The number of aliphatic hydroxyl groups is 1. The molecule has 0 saturated heterocycles. The van der Waals surface area contributed by atoms with Crippen LogP contribution in [0.2, 0.25) is 0 Å². The van der Waals surface area contributed by atoms with Crippen LogP contribution in [0, 0.1) is 0 Å². The van der Waals surface area contributed by atoms with Crippen molar-refractivity contribution in [2.24, 2.45) is 0 Å². The summed E-state index contributed by atoms with van der Waals surface area (Å²) in [5.41, 5.74) is 2.17. The fraction of sp³-hybridized carbons (Fsp3) is 0.400. The molecule has 0 aliphatic carbocycles. The number of aromatic nitrogens is 1. The molecule has 0 spiro atoms. The first-order valence-corrected chi connectivity index (χ1v) is 6.42. The summed E-state index contributed by atoms with van der Waals surface area (Å²) in [6.45, 7) is 2.20. The van der Waals surface area contributed by atoms with Gasteiger partial charge >= 0.3 is 0 Å². The summed E-state index contributed by atoms with van der Waals surface area (Å²) < 4.78 is 10.3. The predicted molar refractivity (Wildman–Crippen MR) is 72.4 cm³/mol. The van der Waals surface area contributed by atoms with E-state index < -0.39 is 0 Å². The van der Waals surface area contributed by atoms with E-state index >= 15 is 0 Å². The first-order chi connectivity index (χ1) is 9.22. The summed E-state index contributed by atoms with van der Waals surface area (Å²) in [5, 5.41) is 12.9. The Morgan fingerprint density at radius 1 is 1.32 bits per heavy atom. The van der Waals surface area contributed by atoms with E-state index in [0.29, 0.717) is 6.42 Å². The number of ether oxygens (including phenoxy) is 1. The number of nitrogens with zero attached hydrogens (tertiary/aromatic N) is 1. The van der Waals surface area contributed by atoms with Crippen molar-refractivity contribution in [1.82, 2.24) is 5.16 Å². The largest absolute Gasteiger partial charge is 0.497 e. The zero-order valence-corrected chi connectivity index (χ0v) is 11.3. The highest BCUT2D eigenvalue weighted by molar-refractivity contribution is 5.28. The van der Waals surface area contributed by atoms with Crippen LogP contribution in [-0.2, 0) is 12.8 Å². The van der Waals surface area contributed by atoms with Gasteiger partial charge in [-0.05, 0) is 24.1 Å². The van der Waals surface area contributed by atoms with E-state index in [1.54, 1.807) is 7.11 Å². The van der Waals surface area contributed by atoms with Crippen LogP contribution in [0.4, 0.5) is 0 Å². The third-order valence-corrected chi connectivity index (χ3v) is 3.14. The molecule has 0 aliphatic heterocycles. The van der Waals surface area contributed by atoms with E-state index in [0.717, 1.165) is 23.6 Å². The maximum Gasteiger partial charge on any atom is 0.139 e. The van der Waals surface area contributed by atoms with E-state index in [2.05, 4.69) is 24.2 Å². The van der Waals surface area contributed by atoms with Gasteiger partial charge in [-0.3, -0.25) is 0 Å². The summed E-state index contributed by atoms with van der Waals surface area (Å²) in [4.78, 5) is 0. The average molecular weight is 261 g/mol. The van der Waals surface area contributed by atoms with Crippen molar-refractivity contribution >= 4 is 0 Å². The van der Waals surface area contributed by atoms with Crippen molar-refractivity contribution < 1.29 is 14.4 Å². The molecule has 4 heteroatoms. The summed E-state index contributed by atoms with van der Waals surface area (Å²) in [6, 6.07) is 9.96. The Kier molecular flexibility index (Phi) is 4.58. The Balaban J connectivity index is 2.00. The van der Waals surface area contributed by atoms with Gasteiger partial charge in [0.25, 0.3) is 0 Å². The Bertz CT molecular complexity index is 504. The van der Waals surface area contributed by atoms with Gasteiger partial charge in [0.05, 0.1) is 19.4 Å². The highest BCUT2D eigenvalue weighted by Crippen LogP contribution is 2.21. The molecule has 1 heterocycles. The molecule has 0 unspecified atom stereocenters. The highest BCUT2D eigenvalue weighted by Gasteiger charge is 2.12. The Morgan fingerprint density at radius 2 is 2.05 bits per heavy atom. The van der Waals surface area contributed by atoms with E-state index in [-0.39, 0.29) is 12.5 Å². The summed E-state index contributed by atoms with van der Waals surface area (Å²) in [7, 11) is 1.66. The van der Waals surface area contributed by atoms with Crippen molar-refractivity contribution in [3.63, 3.8) is 0 Å². The molecule has 4 nitrogen and oxygen atoms in total. The predicted octanol–water partition coefficient (Wildman–Crippen LogP) is 2.56. The van der Waals surface area contributed by atoms with Gasteiger partial charge in [0, 0.05) is 18.4 Å². The molecule has 0 radical (unpaired) electrons. The molecule has 2 rings (SSSR count). The van der Waals surface area contributed by atoms with Gasteiger partial charge in [0.15, 0.2) is 0 Å². The van der Waals surface area contributed by atoms with Gasteiger partial charge in [0.2, 0.25) is 0 Å². The van der Waals surface area contributed by atoms with Gasteiger partial charge in [0.1, 0.15) is 11.5 Å². The minimum Gasteiger partial charge on any atom is -0.497 e. The van der Waals surface area contributed by atoms with Gasteiger partial charge in [-0.25, -0.2) is 0 Å². The van der Waals surface area contributed by atoms with E-state index in [1.807, 2.05) is 18.2 Å². The Labute approximate surface area is 113 Å². The minimum atomic E-state index is 0.0848. The van der Waals surface area contributed by atoms with Crippen molar-refractivity contribution in [2.75, 3.05) is 13.7 Å². The van der Waals surface area contributed by atoms with Crippen LogP contribution in [0.3, 0.4) is 0 Å². The molecular formula is C15H19NO3. The number of hydrogen-bond donors (Lipinski definition) is 1. The maximum atomic E-state index is 8.85. The van der Waals surface area contributed by atoms with E-state index in [9.17, 15) is 0 Å². The van der Waals surface area contributed by atoms with Crippen molar-refractivity contribution in [3.05, 3.63) is 47.3 Å². The Morgan fingerprint density at radius 3 is 2.68 bits per heavy atom. The van der Waals surface area contributed by atoms with E-state index in [4.69, 9.17) is 14.4 Å². The fourth-order valence-electron chi connectivity index (χ4n) is 2.01. The van der Waals surface area contributed by atoms with Crippen LogP contribution < -0.4 is 4.74 Å². The molecule has 1 N–H and O–H groups in total. The smallest absolute Gasteiger partial charge is 0.139 e.